The lowest BCUT2D eigenvalue weighted by Gasteiger charge is -2.20. The molecule has 2 aromatic rings. The molecule has 0 radical (unpaired) electrons. The number of rotatable bonds is 4. The van der Waals surface area contributed by atoms with Crippen molar-refractivity contribution in [1.82, 2.24) is 10.3 Å². The van der Waals surface area contributed by atoms with E-state index >= 15 is 0 Å². The van der Waals surface area contributed by atoms with Gasteiger partial charge in [-0.1, -0.05) is 11.6 Å². The molecular weight excluding hydrogens is 370 g/mol. The van der Waals surface area contributed by atoms with Crippen LogP contribution in [-0.2, 0) is 4.74 Å². The molecule has 0 aliphatic carbocycles. The van der Waals surface area contributed by atoms with Crippen LogP contribution < -0.4 is 10.6 Å². The maximum Gasteiger partial charge on any atom is 0.337 e. The Labute approximate surface area is 162 Å². The fourth-order valence-electron chi connectivity index (χ4n) is 2.16. The van der Waals surface area contributed by atoms with E-state index in [0.717, 1.165) is 0 Å². The van der Waals surface area contributed by atoms with Gasteiger partial charge < -0.3 is 15.4 Å². The minimum atomic E-state index is -0.551. The van der Waals surface area contributed by atoms with Gasteiger partial charge in [0.25, 0.3) is 11.8 Å². The van der Waals surface area contributed by atoms with Crippen LogP contribution in [-0.4, -0.2) is 35.4 Å². The van der Waals surface area contributed by atoms with Crippen molar-refractivity contribution in [2.45, 2.75) is 26.3 Å². The molecule has 7 nitrogen and oxygen atoms in total. The molecule has 0 spiro atoms. The molecule has 142 valence electrons. The Kier molecular flexibility index (Phi) is 6.17. The summed E-state index contributed by atoms with van der Waals surface area (Å²) in [6.45, 7) is 5.56. The molecule has 27 heavy (non-hydrogen) atoms. The molecule has 0 saturated carbocycles. The van der Waals surface area contributed by atoms with E-state index in [1.165, 1.54) is 43.8 Å². The van der Waals surface area contributed by atoms with Crippen LogP contribution in [0, 0.1) is 0 Å². The van der Waals surface area contributed by atoms with Crippen molar-refractivity contribution in [3.63, 3.8) is 0 Å². The van der Waals surface area contributed by atoms with E-state index < -0.39 is 17.4 Å². The molecule has 0 aliphatic rings. The van der Waals surface area contributed by atoms with Crippen LogP contribution in [0.15, 0.2) is 36.7 Å². The number of carbonyl (C=O) groups is 3. The molecule has 0 aliphatic heterocycles. The van der Waals surface area contributed by atoms with Gasteiger partial charge in [-0.25, -0.2) is 4.79 Å². The monoisotopic (exact) mass is 389 g/mol. The lowest BCUT2D eigenvalue weighted by molar-refractivity contribution is 0.0600. The number of amides is 2. The number of nitrogens with zero attached hydrogens (tertiary/aromatic N) is 1. The number of esters is 1. The Morgan fingerprint density at radius 1 is 1.00 bits per heavy atom. The van der Waals surface area contributed by atoms with E-state index in [1.54, 1.807) is 0 Å². The third-order valence-electron chi connectivity index (χ3n) is 3.39. The summed E-state index contributed by atoms with van der Waals surface area (Å²) in [5, 5.41) is 5.67. The molecule has 2 amide bonds. The number of nitrogens with one attached hydrogen (secondary N) is 2. The fraction of sp³-hybridized carbons (Fsp3) is 0.263. The van der Waals surface area contributed by atoms with Gasteiger partial charge in [0.05, 0.1) is 34.5 Å². The number of pyridine rings is 1. The maximum atomic E-state index is 12.5. The summed E-state index contributed by atoms with van der Waals surface area (Å²) in [5.41, 5.74) is 0.503. The van der Waals surface area contributed by atoms with Crippen LogP contribution in [0.3, 0.4) is 0 Å². The zero-order chi connectivity index (χ0) is 20.2. The van der Waals surface area contributed by atoms with Crippen molar-refractivity contribution in [3.05, 3.63) is 58.4 Å². The standard InChI is InChI=1S/C19H20ClN3O4/c1-19(2,3)23-17(25)13-7-12(9-21-10-13)16(24)22-15-8-11(18(26)27-4)5-6-14(15)20/h5-10H,1-4H3,(H,22,24)(H,23,25). The smallest absolute Gasteiger partial charge is 0.337 e. The first-order valence-corrected chi connectivity index (χ1v) is 8.45. The summed E-state index contributed by atoms with van der Waals surface area (Å²) in [4.78, 5) is 40.3. The number of halogens is 1. The molecular formula is C19H20ClN3O4. The minimum absolute atomic E-state index is 0.177. The average molecular weight is 390 g/mol. The second kappa shape index (κ2) is 8.18. The van der Waals surface area contributed by atoms with Crippen molar-refractivity contribution in [2.24, 2.45) is 0 Å². The van der Waals surface area contributed by atoms with E-state index in [2.05, 4.69) is 20.4 Å². The second-order valence-corrected chi connectivity index (χ2v) is 7.21. The molecule has 0 saturated heterocycles. The number of benzene rings is 1. The summed E-state index contributed by atoms with van der Waals surface area (Å²) < 4.78 is 4.65. The third kappa shape index (κ3) is 5.52. The van der Waals surface area contributed by atoms with Gasteiger partial charge in [0, 0.05) is 17.9 Å². The summed E-state index contributed by atoms with van der Waals surface area (Å²) in [6, 6.07) is 5.81. The zero-order valence-corrected chi connectivity index (χ0v) is 16.2. The first kappa shape index (κ1) is 20.4. The summed E-state index contributed by atoms with van der Waals surface area (Å²) in [6.07, 6.45) is 2.71. The predicted molar refractivity (Wildman–Crippen MR) is 102 cm³/mol. The van der Waals surface area contributed by atoms with Gasteiger partial charge in [-0.3, -0.25) is 14.6 Å². The summed E-state index contributed by atoms with van der Waals surface area (Å²) in [7, 11) is 1.26. The van der Waals surface area contributed by atoms with Gasteiger partial charge in [0.15, 0.2) is 0 Å². The Morgan fingerprint density at radius 3 is 2.22 bits per heavy atom. The van der Waals surface area contributed by atoms with Crippen LogP contribution in [0.5, 0.6) is 0 Å². The Morgan fingerprint density at radius 2 is 1.63 bits per heavy atom. The van der Waals surface area contributed by atoms with Crippen molar-refractivity contribution < 1.29 is 19.1 Å². The molecule has 0 unspecified atom stereocenters. The number of methoxy groups -OCH3 is 1. The quantitative estimate of drug-likeness (QED) is 0.782. The number of ether oxygens (including phenoxy) is 1. The lowest BCUT2D eigenvalue weighted by atomic mass is 10.1. The molecule has 0 atom stereocenters. The highest BCUT2D eigenvalue weighted by atomic mass is 35.5. The highest BCUT2D eigenvalue weighted by Crippen LogP contribution is 2.24. The summed E-state index contributed by atoms with van der Waals surface area (Å²) >= 11 is 6.08. The Balaban J connectivity index is 2.23. The van der Waals surface area contributed by atoms with Gasteiger partial charge in [-0.2, -0.15) is 0 Å². The van der Waals surface area contributed by atoms with E-state index in [9.17, 15) is 14.4 Å². The van der Waals surface area contributed by atoms with E-state index in [4.69, 9.17) is 11.6 Å². The number of hydrogen-bond donors (Lipinski definition) is 2. The molecule has 1 heterocycles. The van der Waals surface area contributed by atoms with Crippen LogP contribution in [0.2, 0.25) is 5.02 Å². The SMILES string of the molecule is COC(=O)c1ccc(Cl)c(NC(=O)c2cncc(C(=O)NC(C)(C)C)c2)c1. The molecule has 1 aromatic carbocycles. The van der Waals surface area contributed by atoms with Gasteiger partial charge in [0.1, 0.15) is 0 Å². The highest BCUT2D eigenvalue weighted by Gasteiger charge is 2.18. The normalized spacial score (nSPS) is 10.9. The van der Waals surface area contributed by atoms with Gasteiger partial charge in [-0.15, -0.1) is 0 Å². The minimum Gasteiger partial charge on any atom is -0.465 e. The van der Waals surface area contributed by atoms with Gasteiger partial charge >= 0.3 is 5.97 Å². The largest absolute Gasteiger partial charge is 0.465 e. The van der Waals surface area contributed by atoms with Crippen molar-refractivity contribution in [1.29, 1.82) is 0 Å². The molecule has 1 aromatic heterocycles. The van der Waals surface area contributed by atoms with E-state index in [0.29, 0.717) is 0 Å². The lowest BCUT2D eigenvalue weighted by Crippen LogP contribution is -2.40. The fourth-order valence-corrected chi connectivity index (χ4v) is 2.33. The maximum absolute atomic E-state index is 12.5. The first-order valence-electron chi connectivity index (χ1n) is 8.07. The van der Waals surface area contributed by atoms with Gasteiger partial charge in [-0.05, 0) is 45.0 Å². The first-order chi connectivity index (χ1) is 12.6. The van der Waals surface area contributed by atoms with Crippen molar-refractivity contribution in [2.75, 3.05) is 12.4 Å². The average Bonchev–Trinajstić information content (AvgIpc) is 2.61. The van der Waals surface area contributed by atoms with Crippen LogP contribution >= 0.6 is 11.6 Å². The predicted octanol–water partition coefficient (Wildman–Crippen LogP) is 3.30. The highest BCUT2D eigenvalue weighted by molar-refractivity contribution is 6.34. The number of carbonyl (C=O) groups excluding carboxylic acids is 3. The van der Waals surface area contributed by atoms with Crippen LogP contribution in [0.1, 0.15) is 51.8 Å². The Bertz CT molecular complexity index is 891. The van der Waals surface area contributed by atoms with Crippen molar-refractivity contribution >= 4 is 35.1 Å². The second-order valence-electron chi connectivity index (χ2n) is 6.81. The topological polar surface area (TPSA) is 97.4 Å². The number of aromatic nitrogens is 1. The molecule has 8 heteroatoms. The van der Waals surface area contributed by atoms with Crippen molar-refractivity contribution in [3.8, 4) is 0 Å². The van der Waals surface area contributed by atoms with Crippen LogP contribution in [0.25, 0.3) is 0 Å². The van der Waals surface area contributed by atoms with E-state index in [-0.39, 0.29) is 33.3 Å². The number of hydrogen-bond acceptors (Lipinski definition) is 5. The molecule has 0 fully saturated rings. The van der Waals surface area contributed by atoms with E-state index in [1.807, 2.05) is 20.8 Å². The molecule has 0 bridgehead atoms. The van der Waals surface area contributed by atoms with Crippen LogP contribution in [0.4, 0.5) is 5.69 Å². The third-order valence-corrected chi connectivity index (χ3v) is 3.72. The molecule has 2 rings (SSSR count). The van der Waals surface area contributed by atoms with Gasteiger partial charge in [0.2, 0.25) is 0 Å². The summed E-state index contributed by atoms with van der Waals surface area (Å²) in [5.74, 6) is -1.41. The number of anilines is 1. The zero-order valence-electron chi connectivity index (χ0n) is 15.4. The molecule has 2 N–H and O–H groups in total. The Hall–Kier alpha value is -2.93.